The van der Waals surface area contributed by atoms with Crippen molar-refractivity contribution in [2.45, 2.75) is 0 Å². The van der Waals surface area contributed by atoms with Gasteiger partial charge in [0, 0.05) is 10.0 Å². The van der Waals surface area contributed by atoms with Gasteiger partial charge in [0.1, 0.15) is 12.3 Å². The number of sulfonamides is 1. The summed E-state index contributed by atoms with van der Waals surface area (Å²) in [6.07, 6.45) is 2.29. The second kappa shape index (κ2) is 8.13. The molecule has 0 aliphatic heterocycles. The van der Waals surface area contributed by atoms with Gasteiger partial charge in [0.05, 0.1) is 18.2 Å². The number of phenols is 1. The summed E-state index contributed by atoms with van der Waals surface area (Å²) in [5.41, 5.74) is 3.02. The number of rotatable bonds is 6. The van der Waals surface area contributed by atoms with Crippen molar-refractivity contribution < 1.29 is 18.3 Å². The quantitative estimate of drug-likeness (QED) is 0.546. The van der Waals surface area contributed by atoms with Gasteiger partial charge >= 0.3 is 0 Å². The molecule has 0 bridgehead atoms. The Labute approximate surface area is 154 Å². The fraction of sp³-hybridized carbons (Fsp3) is 0.125. The van der Waals surface area contributed by atoms with E-state index < -0.39 is 22.5 Å². The lowest BCUT2D eigenvalue weighted by Crippen LogP contribution is -2.39. The molecule has 0 saturated heterocycles. The maximum absolute atomic E-state index is 12.1. The predicted molar refractivity (Wildman–Crippen MR) is 100 cm³/mol. The normalized spacial score (nSPS) is 11.4. The Morgan fingerprint density at radius 1 is 1.24 bits per heavy atom. The number of nitrogens with zero attached hydrogens (tertiary/aromatic N) is 2. The molecule has 0 heterocycles. The lowest BCUT2D eigenvalue weighted by Gasteiger charge is -2.22. The summed E-state index contributed by atoms with van der Waals surface area (Å²) in [6, 6.07) is 13.2. The number of hydrogen-bond donors (Lipinski definition) is 2. The zero-order chi connectivity index (χ0) is 18.4. The van der Waals surface area contributed by atoms with Crippen molar-refractivity contribution in [3.05, 3.63) is 58.6 Å². The highest BCUT2D eigenvalue weighted by atomic mass is 79.9. The molecule has 1 amide bonds. The molecule has 9 heteroatoms. The van der Waals surface area contributed by atoms with Crippen molar-refractivity contribution in [3.8, 4) is 5.75 Å². The average Bonchev–Trinajstić information content (AvgIpc) is 2.54. The third-order valence-electron chi connectivity index (χ3n) is 3.14. The van der Waals surface area contributed by atoms with Crippen LogP contribution in [-0.4, -0.2) is 38.4 Å². The molecule has 0 aliphatic rings. The van der Waals surface area contributed by atoms with E-state index in [1.165, 1.54) is 12.3 Å². The molecule has 0 aromatic heterocycles. The average molecular weight is 426 g/mol. The first-order chi connectivity index (χ1) is 11.8. The zero-order valence-corrected chi connectivity index (χ0v) is 15.7. The number of benzene rings is 2. The molecular weight excluding hydrogens is 410 g/mol. The summed E-state index contributed by atoms with van der Waals surface area (Å²) in [5, 5.41) is 13.3. The van der Waals surface area contributed by atoms with E-state index in [0.29, 0.717) is 15.7 Å². The highest BCUT2D eigenvalue weighted by molar-refractivity contribution is 9.10. The molecule has 0 saturated carbocycles. The van der Waals surface area contributed by atoms with E-state index in [1.54, 1.807) is 42.5 Å². The highest BCUT2D eigenvalue weighted by Crippen LogP contribution is 2.27. The third kappa shape index (κ3) is 5.30. The fourth-order valence-corrected chi connectivity index (χ4v) is 3.46. The van der Waals surface area contributed by atoms with Crippen LogP contribution in [0.5, 0.6) is 5.75 Å². The van der Waals surface area contributed by atoms with Crippen LogP contribution in [-0.2, 0) is 14.8 Å². The van der Waals surface area contributed by atoms with Gasteiger partial charge in [0.2, 0.25) is 10.0 Å². The number of carbonyl (C=O) groups is 1. The van der Waals surface area contributed by atoms with Crippen molar-refractivity contribution in [3.63, 3.8) is 0 Å². The van der Waals surface area contributed by atoms with Crippen LogP contribution in [0.2, 0.25) is 0 Å². The first-order valence-corrected chi connectivity index (χ1v) is 9.75. The van der Waals surface area contributed by atoms with Crippen LogP contribution < -0.4 is 9.73 Å². The molecule has 25 heavy (non-hydrogen) atoms. The van der Waals surface area contributed by atoms with Crippen LogP contribution in [0.1, 0.15) is 5.56 Å². The molecule has 2 rings (SSSR count). The molecule has 2 N–H and O–H groups in total. The minimum Gasteiger partial charge on any atom is -0.507 e. The van der Waals surface area contributed by atoms with Crippen molar-refractivity contribution in [2.75, 3.05) is 17.1 Å². The third-order valence-corrected chi connectivity index (χ3v) is 4.94. The van der Waals surface area contributed by atoms with Gasteiger partial charge in [-0.3, -0.25) is 9.10 Å². The summed E-state index contributed by atoms with van der Waals surface area (Å²) in [7, 11) is -3.67. The largest absolute Gasteiger partial charge is 0.507 e. The van der Waals surface area contributed by atoms with Gasteiger partial charge < -0.3 is 5.11 Å². The number of aromatic hydroxyl groups is 1. The Balaban J connectivity index is 2.11. The number of para-hydroxylation sites is 2. The molecule has 0 unspecified atom stereocenters. The Morgan fingerprint density at radius 2 is 1.88 bits per heavy atom. The van der Waals surface area contributed by atoms with Crippen LogP contribution in [0.4, 0.5) is 5.69 Å². The summed E-state index contributed by atoms with van der Waals surface area (Å²) in [4.78, 5) is 12.1. The number of carbonyl (C=O) groups excluding carboxylic acids is 1. The van der Waals surface area contributed by atoms with Gasteiger partial charge in [0.15, 0.2) is 0 Å². The van der Waals surface area contributed by atoms with Gasteiger partial charge in [-0.1, -0.05) is 24.3 Å². The van der Waals surface area contributed by atoms with E-state index in [4.69, 9.17) is 0 Å². The molecular formula is C16H16BrN3O4S. The van der Waals surface area contributed by atoms with Crippen LogP contribution >= 0.6 is 15.9 Å². The highest BCUT2D eigenvalue weighted by Gasteiger charge is 2.22. The SMILES string of the molecule is CS(=O)(=O)N(CC(=O)NN=Cc1ccccc1O)c1ccccc1Br. The second-order valence-electron chi connectivity index (χ2n) is 5.07. The lowest BCUT2D eigenvalue weighted by atomic mass is 10.2. The monoisotopic (exact) mass is 425 g/mol. The first kappa shape index (κ1) is 18.9. The molecule has 0 atom stereocenters. The molecule has 0 aliphatic carbocycles. The van der Waals surface area contributed by atoms with Crippen LogP contribution in [0.15, 0.2) is 58.1 Å². The van der Waals surface area contributed by atoms with Crippen molar-refractivity contribution in [1.82, 2.24) is 5.43 Å². The number of halogens is 1. The Kier molecular flexibility index (Phi) is 6.16. The minimum atomic E-state index is -3.67. The van der Waals surface area contributed by atoms with Gasteiger partial charge in [-0.2, -0.15) is 5.10 Å². The van der Waals surface area contributed by atoms with E-state index in [2.05, 4.69) is 26.5 Å². The van der Waals surface area contributed by atoms with E-state index in [-0.39, 0.29) is 5.75 Å². The van der Waals surface area contributed by atoms with Crippen molar-refractivity contribution >= 4 is 43.8 Å². The van der Waals surface area contributed by atoms with E-state index in [9.17, 15) is 18.3 Å². The summed E-state index contributed by atoms with van der Waals surface area (Å²) >= 11 is 3.28. The molecule has 0 radical (unpaired) electrons. The molecule has 0 fully saturated rings. The second-order valence-corrected chi connectivity index (χ2v) is 7.83. The lowest BCUT2D eigenvalue weighted by molar-refractivity contribution is -0.119. The number of anilines is 1. The molecule has 0 spiro atoms. The maximum atomic E-state index is 12.1. The van der Waals surface area contributed by atoms with Crippen LogP contribution in [0.25, 0.3) is 0 Å². The van der Waals surface area contributed by atoms with E-state index in [1.807, 2.05) is 0 Å². The minimum absolute atomic E-state index is 0.0199. The topological polar surface area (TPSA) is 99.1 Å². The van der Waals surface area contributed by atoms with Crippen LogP contribution in [0, 0.1) is 0 Å². The Bertz CT molecular complexity index is 900. The summed E-state index contributed by atoms with van der Waals surface area (Å²) in [6.45, 7) is -0.431. The molecule has 7 nitrogen and oxygen atoms in total. The van der Waals surface area contributed by atoms with Gasteiger partial charge in [-0.25, -0.2) is 13.8 Å². The fourth-order valence-electron chi connectivity index (χ4n) is 1.97. The van der Waals surface area contributed by atoms with Gasteiger partial charge in [0.25, 0.3) is 5.91 Å². The number of nitrogens with one attached hydrogen (secondary N) is 1. The number of amides is 1. The summed E-state index contributed by atoms with van der Waals surface area (Å²) < 4.78 is 25.5. The zero-order valence-electron chi connectivity index (χ0n) is 13.3. The predicted octanol–water partition coefficient (Wildman–Crippen LogP) is 2.07. The molecule has 132 valence electrons. The Hall–Kier alpha value is -2.39. The van der Waals surface area contributed by atoms with E-state index >= 15 is 0 Å². The number of phenolic OH excluding ortho intramolecular Hbond substituents is 1. The number of hydrazone groups is 1. The standard InChI is InChI=1S/C16H16BrN3O4S/c1-25(23,24)20(14-8-4-3-7-13(14)17)11-16(22)19-18-10-12-6-2-5-9-15(12)21/h2-10,21H,11H2,1H3,(H,19,22). The molecule has 2 aromatic rings. The smallest absolute Gasteiger partial charge is 0.260 e. The van der Waals surface area contributed by atoms with Gasteiger partial charge in [-0.15, -0.1) is 0 Å². The number of hydrogen-bond acceptors (Lipinski definition) is 5. The van der Waals surface area contributed by atoms with Gasteiger partial charge in [-0.05, 0) is 40.2 Å². The maximum Gasteiger partial charge on any atom is 0.260 e. The molecule has 2 aromatic carbocycles. The van der Waals surface area contributed by atoms with Crippen molar-refractivity contribution in [1.29, 1.82) is 0 Å². The Morgan fingerprint density at radius 3 is 2.52 bits per heavy atom. The van der Waals surface area contributed by atoms with Crippen molar-refractivity contribution in [2.24, 2.45) is 5.10 Å². The summed E-state index contributed by atoms with van der Waals surface area (Å²) in [5.74, 6) is -0.598. The first-order valence-electron chi connectivity index (χ1n) is 7.11. The van der Waals surface area contributed by atoms with Crippen LogP contribution in [0.3, 0.4) is 0 Å². The van der Waals surface area contributed by atoms with E-state index in [0.717, 1.165) is 10.6 Å².